The van der Waals surface area contributed by atoms with Gasteiger partial charge in [-0.3, -0.25) is 0 Å². The van der Waals surface area contributed by atoms with E-state index in [4.69, 9.17) is 5.73 Å². The Morgan fingerprint density at radius 1 is 1.00 bits per heavy atom. The predicted octanol–water partition coefficient (Wildman–Crippen LogP) is 3.33. The molecule has 0 rings (SSSR count). The lowest BCUT2D eigenvalue weighted by atomic mass is 9.93. The first-order chi connectivity index (χ1) is 5.72. The van der Waals surface area contributed by atoms with Crippen molar-refractivity contribution in [1.82, 2.24) is 0 Å². The molecule has 0 radical (unpaired) electrons. The lowest BCUT2D eigenvalue weighted by Crippen LogP contribution is -2.27. The van der Waals surface area contributed by atoms with Crippen molar-refractivity contribution in [3.8, 4) is 0 Å². The summed E-state index contributed by atoms with van der Waals surface area (Å²) in [5, 5.41) is 0. The molecule has 2 unspecified atom stereocenters. The molecule has 0 aromatic rings. The molecule has 2 atom stereocenters. The fraction of sp³-hybridized carbons (Fsp3) is 1.00. The summed E-state index contributed by atoms with van der Waals surface area (Å²) in [6, 6.07) is 0.437. The lowest BCUT2D eigenvalue weighted by molar-refractivity contribution is 0.389. The molecule has 0 aliphatic heterocycles. The number of nitrogens with two attached hydrogens (primary N) is 1. The van der Waals surface area contributed by atoms with Gasteiger partial charge >= 0.3 is 0 Å². The van der Waals surface area contributed by atoms with Crippen LogP contribution in [0.2, 0.25) is 0 Å². The van der Waals surface area contributed by atoms with E-state index in [0.717, 1.165) is 5.92 Å². The summed E-state index contributed by atoms with van der Waals surface area (Å²) in [4.78, 5) is 0. The minimum Gasteiger partial charge on any atom is -0.327 e. The molecule has 74 valence electrons. The van der Waals surface area contributed by atoms with Crippen LogP contribution in [-0.4, -0.2) is 6.04 Å². The Balaban J connectivity index is 3.35. The Labute approximate surface area is 77.7 Å². The van der Waals surface area contributed by atoms with Crippen LogP contribution >= 0.6 is 0 Å². The summed E-state index contributed by atoms with van der Waals surface area (Å²) in [6.45, 7) is 6.74. The maximum atomic E-state index is 6.01. The molecule has 0 spiro atoms. The fourth-order valence-electron chi connectivity index (χ4n) is 1.55. The van der Waals surface area contributed by atoms with Crippen molar-refractivity contribution in [1.29, 1.82) is 0 Å². The van der Waals surface area contributed by atoms with E-state index in [0.29, 0.717) is 6.04 Å². The van der Waals surface area contributed by atoms with Crippen molar-refractivity contribution in [2.45, 2.75) is 65.3 Å². The second-order valence-corrected chi connectivity index (χ2v) is 3.93. The van der Waals surface area contributed by atoms with E-state index in [1.165, 1.54) is 38.5 Å². The largest absolute Gasteiger partial charge is 0.327 e. The molecule has 1 nitrogen and oxygen atoms in total. The molecule has 0 aliphatic carbocycles. The van der Waals surface area contributed by atoms with Gasteiger partial charge in [0.05, 0.1) is 0 Å². The van der Waals surface area contributed by atoms with Crippen molar-refractivity contribution >= 4 is 0 Å². The third-order valence-electron chi connectivity index (χ3n) is 2.62. The van der Waals surface area contributed by atoms with E-state index in [1.807, 2.05) is 0 Å². The molecule has 12 heavy (non-hydrogen) atoms. The molecule has 0 aliphatic rings. The van der Waals surface area contributed by atoms with Gasteiger partial charge in [0.2, 0.25) is 0 Å². The standard InChI is InChI=1S/C11H25N/c1-4-6-7-9-10(3)11(12)8-5-2/h10-11H,4-9,12H2,1-3H3. The van der Waals surface area contributed by atoms with E-state index in [-0.39, 0.29) is 0 Å². The summed E-state index contributed by atoms with van der Waals surface area (Å²) in [5.41, 5.74) is 6.01. The molecule has 1 heteroatoms. The van der Waals surface area contributed by atoms with Crippen LogP contribution in [-0.2, 0) is 0 Å². The van der Waals surface area contributed by atoms with Gasteiger partial charge in [0.1, 0.15) is 0 Å². The Kier molecular flexibility index (Phi) is 7.58. The first-order valence-corrected chi connectivity index (χ1v) is 5.47. The van der Waals surface area contributed by atoms with Crippen LogP contribution in [0.4, 0.5) is 0 Å². The number of unbranched alkanes of at least 4 members (excludes halogenated alkanes) is 2. The number of rotatable bonds is 7. The molecule has 2 N–H and O–H groups in total. The third kappa shape index (κ3) is 5.59. The zero-order valence-corrected chi connectivity index (χ0v) is 8.97. The number of hydrogen-bond acceptors (Lipinski definition) is 1. The SMILES string of the molecule is CCCCCC(C)C(N)CCC. The van der Waals surface area contributed by atoms with Crippen molar-refractivity contribution in [3.05, 3.63) is 0 Å². The van der Waals surface area contributed by atoms with Crippen LogP contribution in [0.25, 0.3) is 0 Å². The summed E-state index contributed by atoms with van der Waals surface area (Å²) in [7, 11) is 0. The van der Waals surface area contributed by atoms with Crippen LogP contribution in [0, 0.1) is 5.92 Å². The van der Waals surface area contributed by atoms with E-state index in [9.17, 15) is 0 Å². The van der Waals surface area contributed by atoms with Gasteiger partial charge in [0.25, 0.3) is 0 Å². The smallest absolute Gasteiger partial charge is 0.00644 e. The molecule has 0 fully saturated rings. The Hall–Kier alpha value is -0.0400. The molecular weight excluding hydrogens is 146 g/mol. The predicted molar refractivity (Wildman–Crippen MR) is 56.2 cm³/mol. The van der Waals surface area contributed by atoms with Gasteiger partial charge in [-0.2, -0.15) is 0 Å². The van der Waals surface area contributed by atoms with Crippen molar-refractivity contribution in [2.24, 2.45) is 11.7 Å². The van der Waals surface area contributed by atoms with Crippen molar-refractivity contribution in [3.63, 3.8) is 0 Å². The van der Waals surface area contributed by atoms with Crippen molar-refractivity contribution < 1.29 is 0 Å². The Bertz CT molecular complexity index is 91.0. The zero-order chi connectivity index (χ0) is 9.40. The van der Waals surface area contributed by atoms with Crippen LogP contribution in [0.3, 0.4) is 0 Å². The summed E-state index contributed by atoms with van der Waals surface area (Å²) in [6.07, 6.45) is 7.76. The second kappa shape index (κ2) is 7.60. The first kappa shape index (κ1) is 12.0. The quantitative estimate of drug-likeness (QED) is 0.584. The Morgan fingerprint density at radius 2 is 1.67 bits per heavy atom. The minimum absolute atomic E-state index is 0.437. The minimum atomic E-state index is 0.437. The molecule has 0 saturated carbocycles. The molecule has 0 amide bonds. The highest BCUT2D eigenvalue weighted by atomic mass is 14.6. The average molecular weight is 171 g/mol. The Morgan fingerprint density at radius 3 is 2.17 bits per heavy atom. The average Bonchev–Trinajstić information content (AvgIpc) is 2.05. The van der Waals surface area contributed by atoms with Gasteiger partial charge in [-0.25, -0.2) is 0 Å². The normalized spacial score (nSPS) is 16.0. The summed E-state index contributed by atoms with van der Waals surface area (Å²) < 4.78 is 0. The fourth-order valence-corrected chi connectivity index (χ4v) is 1.55. The van der Waals surface area contributed by atoms with E-state index < -0.39 is 0 Å². The second-order valence-electron chi connectivity index (χ2n) is 3.93. The van der Waals surface area contributed by atoms with Gasteiger partial charge in [0.15, 0.2) is 0 Å². The molecule has 0 bridgehead atoms. The first-order valence-electron chi connectivity index (χ1n) is 5.47. The highest BCUT2D eigenvalue weighted by Crippen LogP contribution is 2.14. The van der Waals surface area contributed by atoms with E-state index >= 15 is 0 Å². The van der Waals surface area contributed by atoms with Gasteiger partial charge < -0.3 is 5.73 Å². The summed E-state index contributed by atoms with van der Waals surface area (Å²) in [5.74, 6) is 0.719. The highest BCUT2D eigenvalue weighted by molar-refractivity contribution is 4.68. The topological polar surface area (TPSA) is 26.0 Å². The third-order valence-corrected chi connectivity index (χ3v) is 2.62. The monoisotopic (exact) mass is 171 g/mol. The van der Waals surface area contributed by atoms with Gasteiger partial charge in [-0.05, 0) is 18.8 Å². The van der Waals surface area contributed by atoms with Gasteiger partial charge in [-0.1, -0.05) is 46.5 Å². The lowest BCUT2D eigenvalue weighted by Gasteiger charge is -2.18. The molecule has 0 heterocycles. The molecule has 0 aromatic carbocycles. The molecule has 0 aromatic heterocycles. The van der Waals surface area contributed by atoms with Crippen LogP contribution in [0.5, 0.6) is 0 Å². The van der Waals surface area contributed by atoms with E-state index in [2.05, 4.69) is 20.8 Å². The van der Waals surface area contributed by atoms with Crippen LogP contribution < -0.4 is 5.73 Å². The summed E-state index contributed by atoms with van der Waals surface area (Å²) >= 11 is 0. The van der Waals surface area contributed by atoms with E-state index in [1.54, 1.807) is 0 Å². The maximum absolute atomic E-state index is 6.01. The molecule has 0 saturated heterocycles. The van der Waals surface area contributed by atoms with Crippen LogP contribution in [0.1, 0.15) is 59.3 Å². The maximum Gasteiger partial charge on any atom is 0.00644 e. The van der Waals surface area contributed by atoms with Crippen LogP contribution in [0.15, 0.2) is 0 Å². The highest BCUT2D eigenvalue weighted by Gasteiger charge is 2.10. The van der Waals surface area contributed by atoms with Gasteiger partial charge in [0, 0.05) is 6.04 Å². The van der Waals surface area contributed by atoms with Gasteiger partial charge in [-0.15, -0.1) is 0 Å². The van der Waals surface area contributed by atoms with Crippen molar-refractivity contribution in [2.75, 3.05) is 0 Å². The number of hydrogen-bond donors (Lipinski definition) is 1. The molecular formula is C11H25N. The zero-order valence-electron chi connectivity index (χ0n) is 8.97.